The van der Waals surface area contributed by atoms with Crippen molar-refractivity contribution in [3.8, 4) is 16.9 Å². The van der Waals surface area contributed by atoms with Crippen LogP contribution in [-0.4, -0.2) is 41.4 Å². The predicted octanol–water partition coefficient (Wildman–Crippen LogP) is 6.85. The van der Waals surface area contributed by atoms with Gasteiger partial charge in [-0.2, -0.15) is 11.8 Å². The van der Waals surface area contributed by atoms with Gasteiger partial charge in [-0.15, -0.1) is 0 Å². The Morgan fingerprint density at radius 3 is 2.51 bits per heavy atom. The molecule has 0 atom stereocenters. The van der Waals surface area contributed by atoms with Crippen LogP contribution in [-0.2, 0) is 22.5 Å². The van der Waals surface area contributed by atoms with Crippen LogP contribution in [0, 0.1) is 19.7 Å². The highest BCUT2D eigenvalue weighted by Crippen LogP contribution is 2.33. The van der Waals surface area contributed by atoms with E-state index in [1.54, 1.807) is 13.0 Å². The number of anilines is 1. The number of carbonyl (C=O) groups excluding carboxylic acids is 1. The van der Waals surface area contributed by atoms with Gasteiger partial charge in [0, 0.05) is 18.7 Å². The SMILES string of the molecule is CCOC(=O)CCc1ccc(NCc2cccc(-c3c(C)cc(OCC4(O)CCSCC4)cc3C)c2)cc1F. The number of hydrogen-bond donors (Lipinski definition) is 2. The van der Waals surface area contributed by atoms with Crippen LogP contribution in [0.3, 0.4) is 0 Å². The summed E-state index contributed by atoms with van der Waals surface area (Å²) in [4.78, 5) is 11.6. The van der Waals surface area contributed by atoms with E-state index < -0.39 is 5.60 Å². The van der Waals surface area contributed by atoms with Crippen molar-refractivity contribution in [3.63, 3.8) is 0 Å². The van der Waals surface area contributed by atoms with Gasteiger partial charge in [0.2, 0.25) is 0 Å². The Hall–Kier alpha value is -3.03. The number of halogens is 1. The lowest BCUT2D eigenvalue weighted by molar-refractivity contribution is -0.143. The Kier molecular flexibility index (Phi) is 9.92. The van der Waals surface area contributed by atoms with Crippen LogP contribution < -0.4 is 10.1 Å². The minimum absolute atomic E-state index is 0.164. The Labute approximate surface area is 235 Å². The lowest BCUT2D eigenvalue weighted by Crippen LogP contribution is -2.39. The monoisotopic (exact) mass is 551 g/mol. The topological polar surface area (TPSA) is 67.8 Å². The van der Waals surface area contributed by atoms with Crippen molar-refractivity contribution < 1.29 is 23.8 Å². The molecule has 0 bridgehead atoms. The van der Waals surface area contributed by atoms with Crippen LogP contribution in [0.1, 0.15) is 48.4 Å². The molecule has 2 N–H and O–H groups in total. The van der Waals surface area contributed by atoms with E-state index in [2.05, 4.69) is 31.3 Å². The fourth-order valence-electron chi connectivity index (χ4n) is 4.95. The fraction of sp³-hybridized carbons (Fsp3) is 0.406. The highest BCUT2D eigenvalue weighted by Gasteiger charge is 2.30. The second-order valence-corrected chi connectivity index (χ2v) is 11.4. The number of aryl methyl sites for hydroxylation is 3. The molecule has 1 heterocycles. The first kappa shape index (κ1) is 29.0. The van der Waals surface area contributed by atoms with Gasteiger partial charge < -0.3 is 19.9 Å². The van der Waals surface area contributed by atoms with Gasteiger partial charge in [0.15, 0.2) is 0 Å². The van der Waals surface area contributed by atoms with Gasteiger partial charge in [-0.25, -0.2) is 4.39 Å². The normalized spacial score (nSPS) is 14.6. The number of benzene rings is 3. The van der Waals surface area contributed by atoms with Crippen molar-refractivity contribution in [2.24, 2.45) is 0 Å². The number of rotatable bonds is 11. The summed E-state index contributed by atoms with van der Waals surface area (Å²) in [5.74, 6) is 2.08. The summed E-state index contributed by atoms with van der Waals surface area (Å²) in [6.45, 7) is 7.12. The zero-order chi connectivity index (χ0) is 27.8. The van der Waals surface area contributed by atoms with Crippen molar-refractivity contribution >= 4 is 23.4 Å². The number of hydrogen-bond acceptors (Lipinski definition) is 6. The van der Waals surface area contributed by atoms with Crippen LogP contribution in [0.4, 0.5) is 10.1 Å². The molecule has 4 rings (SSSR count). The number of nitrogens with one attached hydrogen (secondary N) is 1. The molecule has 1 aliphatic rings. The van der Waals surface area contributed by atoms with Gasteiger partial charge in [0.1, 0.15) is 23.8 Å². The van der Waals surface area contributed by atoms with Crippen LogP contribution in [0.25, 0.3) is 11.1 Å². The average Bonchev–Trinajstić information content (AvgIpc) is 2.91. The van der Waals surface area contributed by atoms with E-state index in [-0.39, 0.29) is 18.2 Å². The first-order valence-electron chi connectivity index (χ1n) is 13.6. The van der Waals surface area contributed by atoms with Crippen molar-refractivity contribution in [1.82, 2.24) is 0 Å². The molecule has 5 nitrogen and oxygen atoms in total. The van der Waals surface area contributed by atoms with Crippen LogP contribution >= 0.6 is 11.8 Å². The van der Waals surface area contributed by atoms with Crippen molar-refractivity contribution in [1.29, 1.82) is 0 Å². The average molecular weight is 552 g/mol. The molecule has 0 unspecified atom stereocenters. The molecule has 39 heavy (non-hydrogen) atoms. The van der Waals surface area contributed by atoms with Crippen LogP contribution in [0.2, 0.25) is 0 Å². The number of aliphatic hydroxyl groups is 1. The maximum Gasteiger partial charge on any atom is 0.306 e. The van der Waals surface area contributed by atoms with Gasteiger partial charge in [-0.05, 0) is 115 Å². The van der Waals surface area contributed by atoms with Gasteiger partial charge in [0.25, 0.3) is 0 Å². The molecule has 0 aromatic heterocycles. The van der Waals surface area contributed by atoms with Gasteiger partial charge in [-0.1, -0.05) is 24.3 Å². The molecular weight excluding hydrogens is 513 g/mol. The molecule has 0 radical (unpaired) electrons. The molecule has 1 saturated heterocycles. The summed E-state index contributed by atoms with van der Waals surface area (Å²) in [7, 11) is 0. The number of thioether (sulfide) groups is 1. The molecular formula is C32H38FNO4S. The minimum atomic E-state index is -0.737. The van der Waals surface area contributed by atoms with Gasteiger partial charge in [-0.3, -0.25) is 4.79 Å². The lowest BCUT2D eigenvalue weighted by atomic mass is 9.94. The van der Waals surface area contributed by atoms with E-state index in [1.165, 1.54) is 6.07 Å². The highest BCUT2D eigenvalue weighted by molar-refractivity contribution is 7.99. The smallest absolute Gasteiger partial charge is 0.306 e. The molecule has 0 spiro atoms. The summed E-state index contributed by atoms with van der Waals surface area (Å²) in [6.07, 6.45) is 2.01. The molecule has 0 saturated carbocycles. The van der Waals surface area contributed by atoms with E-state index in [0.29, 0.717) is 37.4 Å². The van der Waals surface area contributed by atoms with Gasteiger partial charge >= 0.3 is 5.97 Å². The zero-order valence-corrected chi connectivity index (χ0v) is 23.8. The quantitative estimate of drug-likeness (QED) is 0.254. The highest BCUT2D eigenvalue weighted by atomic mass is 32.2. The van der Waals surface area contributed by atoms with E-state index in [4.69, 9.17) is 9.47 Å². The molecule has 1 aliphatic heterocycles. The van der Waals surface area contributed by atoms with E-state index >= 15 is 0 Å². The zero-order valence-electron chi connectivity index (χ0n) is 23.0. The van der Waals surface area contributed by atoms with E-state index in [0.717, 1.165) is 57.9 Å². The van der Waals surface area contributed by atoms with Crippen molar-refractivity contribution in [2.45, 2.75) is 58.6 Å². The second-order valence-electron chi connectivity index (χ2n) is 10.2. The van der Waals surface area contributed by atoms with Crippen molar-refractivity contribution in [2.75, 3.05) is 30.0 Å². The van der Waals surface area contributed by atoms with Crippen LogP contribution in [0.5, 0.6) is 5.75 Å². The summed E-state index contributed by atoms with van der Waals surface area (Å²) in [6, 6.07) is 17.4. The molecule has 0 amide bonds. The molecule has 1 fully saturated rings. The summed E-state index contributed by atoms with van der Waals surface area (Å²) in [5.41, 5.74) is 6.03. The predicted molar refractivity (Wildman–Crippen MR) is 157 cm³/mol. The van der Waals surface area contributed by atoms with E-state index in [9.17, 15) is 14.3 Å². The fourth-order valence-corrected chi connectivity index (χ4v) is 6.20. The Bertz CT molecular complexity index is 1270. The Morgan fingerprint density at radius 2 is 1.82 bits per heavy atom. The third kappa shape index (κ3) is 7.99. The second kappa shape index (κ2) is 13.4. The Balaban J connectivity index is 1.39. The lowest BCUT2D eigenvalue weighted by Gasteiger charge is -2.31. The standard InChI is InChI=1S/C32H38FNO4S/c1-4-37-30(35)11-9-25-8-10-27(19-29(25)33)34-20-24-6-5-7-26(18-24)31-22(2)16-28(17-23(31)3)38-21-32(36)12-14-39-15-13-32/h5-8,10,16-19,34,36H,4,9,11-15,20-21H2,1-3H3. The Morgan fingerprint density at radius 1 is 1.08 bits per heavy atom. The largest absolute Gasteiger partial charge is 0.491 e. The summed E-state index contributed by atoms with van der Waals surface area (Å²) in [5, 5.41) is 14.1. The minimum Gasteiger partial charge on any atom is -0.491 e. The summed E-state index contributed by atoms with van der Waals surface area (Å²) < 4.78 is 25.6. The number of ether oxygens (including phenoxy) is 2. The third-order valence-corrected chi connectivity index (χ3v) is 8.09. The third-order valence-electron chi connectivity index (χ3n) is 7.11. The van der Waals surface area contributed by atoms with E-state index in [1.807, 2.05) is 42.1 Å². The molecule has 3 aromatic rings. The molecule has 7 heteroatoms. The van der Waals surface area contributed by atoms with Crippen molar-refractivity contribution in [3.05, 3.63) is 82.7 Å². The molecule has 208 valence electrons. The van der Waals surface area contributed by atoms with Crippen LogP contribution in [0.15, 0.2) is 54.6 Å². The maximum atomic E-state index is 14.6. The maximum absolute atomic E-state index is 14.6. The number of carbonyl (C=O) groups is 1. The first-order valence-corrected chi connectivity index (χ1v) is 14.7. The number of esters is 1. The first-order chi connectivity index (χ1) is 18.8. The summed E-state index contributed by atoms with van der Waals surface area (Å²) >= 11 is 1.88. The van der Waals surface area contributed by atoms with Gasteiger partial charge in [0.05, 0.1) is 6.61 Å². The molecule has 0 aliphatic carbocycles. The molecule has 3 aromatic carbocycles.